The fourth-order valence-electron chi connectivity index (χ4n) is 5.11. The van der Waals surface area contributed by atoms with Crippen molar-refractivity contribution in [2.24, 2.45) is 5.41 Å². The van der Waals surface area contributed by atoms with Crippen molar-refractivity contribution in [1.82, 2.24) is 0 Å². The van der Waals surface area contributed by atoms with Gasteiger partial charge in [-0.1, -0.05) is 101 Å². The smallest absolute Gasteiger partial charge is 0.261 e. The van der Waals surface area contributed by atoms with Gasteiger partial charge in [0.15, 0.2) is 5.79 Å². The van der Waals surface area contributed by atoms with Gasteiger partial charge in [-0.15, -0.1) is 6.58 Å². The number of benzene rings is 2. The summed E-state index contributed by atoms with van der Waals surface area (Å²) in [5.74, 6) is -0.748. The first kappa shape index (κ1) is 28.8. The highest BCUT2D eigenvalue weighted by atomic mass is 28.4. The van der Waals surface area contributed by atoms with Crippen molar-refractivity contribution in [2.75, 3.05) is 20.5 Å². The molecule has 3 atom stereocenters. The molecule has 0 aromatic heterocycles. The minimum absolute atomic E-state index is 0.135. The van der Waals surface area contributed by atoms with Crippen molar-refractivity contribution in [2.45, 2.75) is 77.6 Å². The third kappa shape index (κ3) is 6.01. The van der Waals surface area contributed by atoms with Crippen molar-refractivity contribution in [1.29, 1.82) is 0 Å². The van der Waals surface area contributed by atoms with Gasteiger partial charge >= 0.3 is 0 Å². The average molecular weight is 513 g/mol. The highest BCUT2D eigenvalue weighted by Crippen LogP contribution is 2.42. The first-order valence-electron chi connectivity index (χ1n) is 12.7. The molecule has 6 heteroatoms. The Balaban J connectivity index is 2.06. The van der Waals surface area contributed by atoms with Crippen molar-refractivity contribution < 1.29 is 23.4 Å². The Morgan fingerprint density at radius 2 is 1.47 bits per heavy atom. The number of methoxy groups -OCH3 is 1. The van der Waals surface area contributed by atoms with Crippen molar-refractivity contribution in [3.05, 3.63) is 73.3 Å². The number of hydrogen-bond acceptors (Lipinski definition) is 5. The van der Waals surface area contributed by atoms with Crippen molar-refractivity contribution >= 4 is 18.7 Å². The second-order valence-electron chi connectivity index (χ2n) is 11.6. The first-order chi connectivity index (χ1) is 16.9. The van der Waals surface area contributed by atoms with E-state index >= 15 is 0 Å². The predicted octanol–water partition coefficient (Wildman–Crippen LogP) is 5.28. The summed E-state index contributed by atoms with van der Waals surface area (Å²) in [4.78, 5) is 0. The summed E-state index contributed by atoms with van der Waals surface area (Å²) in [5, 5.41) is 2.30. The highest BCUT2D eigenvalue weighted by molar-refractivity contribution is 6.99. The molecular weight excluding hydrogens is 468 g/mol. The largest absolute Gasteiger partial charge is 0.405 e. The van der Waals surface area contributed by atoms with E-state index in [1.54, 1.807) is 7.11 Å². The molecule has 1 aliphatic heterocycles. The molecule has 0 N–H and O–H groups in total. The maximum Gasteiger partial charge on any atom is 0.261 e. The molecule has 0 spiro atoms. The molecular formula is C30H44O5Si. The standard InChI is InChI=1S/C30H44O5Si/c1-10-29(5,6)27-26(34-30(7,8)35-27)25(32-22-31-9)21-33-36(28(2,3)4,23-17-13-11-14-18-23)24-19-15-12-16-20-24/h10-20,25-27H,1,21-22H2,2-9H3/t25-,26+,27-/m1/s1. The van der Waals surface area contributed by atoms with Gasteiger partial charge in [0.1, 0.15) is 19.0 Å². The van der Waals surface area contributed by atoms with E-state index in [1.165, 1.54) is 10.4 Å². The van der Waals surface area contributed by atoms with E-state index in [2.05, 4.69) is 102 Å². The highest BCUT2D eigenvalue weighted by Gasteiger charge is 2.54. The van der Waals surface area contributed by atoms with E-state index in [4.69, 9.17) is 23.4 Å². The molecule has 0 amide bonds. The van der Waals surface area contributed by atoms with E-state index in [1.807, 2.05) is 19.9 Å². The maximum absolute atomic E-state index is 7.20. The van der Waals surface area contributed by atoms with Gasteiger partial charge in [0, 0.05) is 12.5 Å². The molecule has 0 aliphatic carbocycles. The summed E-state index contributed by atoms with van der Waals surface area (Å²) >= 11 is 0. The monoisotopic (exact) mass is 512 g/mol. The first-order valence-corrected chi connectivity index (χ1v) is 14.6. The molecule has 36 heavy (non-hydrogen) atoms. The lowest BCUT2D eigenvalue weighted by Crippen LogP contribution is -2.67. The molecule has 5 nitrogen and oxygen atoms in total. The Morgan fingerprint density at radius 1 is 0.944 bits per heavy atom. The van der Waals surface area contributed by atoms with Crippen LogP contribution in [0.5, 0.6) is 0 Å². The van der Waals surface area contributed by atoms with E-state index in [9.17, 15) is 0 Å². The lowest BCUT2D eigenvalue weighted by Gasteiger charge is -2.44. The van der Waals surface area contributed by atoms with Crippen LogP contribution in [0.2, 0.25) is 5.04 Å². The molecule has 2 aromatic carbocycles. The van der Waals surface area contributed by atoms with Crippen LogP contribution < -0.4 is 10.4 Å². The Bertz CT molecular complexity index is 928. The molecule has 1 heterocycles. The normalized spacial score (nSPS) is 21.3. The quantitative estimate of drug-likeness (QED) is 0.233. The van der Waals surface area contributed by atoms with Crippen LogP contribution in [0.1, 0.15) is 48.5 Å². The molecule has 2 aromatic rings. The average Bonchev–Trinajstić information content (AvgIpc) is 3.18. The van der Waals surface area contributed by atoms with Gasteiger partial charge in [-0.3, -0.25) is 0 Å². The predicted molar refractivity (Wildman–Crippen MR) is 148 cm³/mol. The van der Waals surface area contributed by atoms with E-state index in [-0.39, 0.29) is 29.5 Å². The van der Waals surface area contributed by atoms with Crippen LogP contribution in [-0.4, -0.2) is 52.9 Å². The Labute approximate surface area is 218 Å². The minimum atomic E-state index is -2.75. The lowest BCUT2D eigenvalue weighted by atomic mass is 9.82. The zero-order valence-corrected chi connectivity index (χ0v) is 24.2. The van der Waals surface area contributed by atoms with Crippen LogP contribution in [0.15, 0.2) is 73.3 Å². The van der Waals surface area contributed by atoms with Gasteiger partial charge in [-0.2, -0.15) is 0 Å². The molecule has 0 radical (unpaired) electrons. The fourth-order valence-corrected chi connectivity index (χ4v) is 9.68. The molecule has 1 fully saturated rings. The number of hydrogen-bond donors (Lipinski definition) is 0. The third-order valence-corrected chi connectivity index (χ3v) is 12.0. The summed E-state index contributed by atoms with van der Waals surface area (Å²) in [6, 6.07) is 21.2. The van der Waals surface area contributed by atoms with Gasteiger partial charge in [-0.05, 0) is 29.3 Å². The van der Waals surface area contributed by atoms with Crippen molar-refractivity contribution in [3.8, 4) is 0 Å². The third-order valence-electron chi connectivity index (χ3n) is 7.04. The topological polar surface area (TPSA) is 46.2 Å². The molecule has 198 valence electrons. The van der Waals surface area contributed by atoms with Gasteiger partial charge in [0.25, 0.3) is 8.32 Å². The zero-order valence-electron chi connectivity index (χ0n) is 23.2. The second-order valence-corrected chi connectivity index (χ2v) is 15.9. The van der Waals surface area contributed by atoms with E-state index < -0.39 is 20.2 Å². The van der Waals surface area contributed by atoms with Gasteiger partial charge in [0.05, 0.1) is 12.7 Å². The Hall–Kier alpha value is -1.80. The summed E-state index contributed by atoms with van der Waals surface area (Å²) in [5.41, 5.74) is -0.329. The lowest BCUT2D eigenvalue weighted by molar-refractivity contribution is -0.175. The van der Waals surface area contributed by atoms with Crippen LogP contribution >= 0.6 is 0 Å². The summed E-state index contributed by atoms with van der Waals surface area (Å²) in [6.07, 6.45) is 0.903. The number of rotatable bonds is 11. The molecule has 0 saturated carbocycles. The summed E-state index contributed by atoms with van der Waals surface area (Å²) in [6.45, 7) is 19.4. The van der Waals surface area contributed by atoms with Gasteiger partial charge in [0.2, 0.25) is 0 Å². The minimum Gasteiger partial charge on any atom is -0.405 e. The maximum atomic E-state index is 7.20. The molecule has 0 unspecified atom stereocenters. The Morgan fingerprint density at radius 3 is 1.92 bits per heavy atom. The molecule has 1 saturated heterocycles. The molecule has 3 rings (SSSR count). The van der Waals surface area contributed by atoms with Crippen molar-refractivity contribution in [3.63, 3.8) is 0 Å². The van der Waals surface area contributed by atoms with E-state index in [0.29, 0.717) is 6.61 Å². The SMILES string of the molecule is C=CC(C)(C)[C@@H]1OC(C)(C)O[C@H]1[C@@H](CO[Si](c1ccccc1)(c1ccccc1)C(C)(C)C)OCOC. The van der Waals surface area contributed by atoms with Gasteiger partial charge < -0.3 is 23.4 Å². The van der Waals surface area contributed by atoms with Crippen LogP contribution in [0.4, 0.5) is 0 Å². The van der Waals surface area contributed by atoms with Crippen LogP contribution in [0.25, 0.3) is 0 Å². The molecule has 0 bridgehead atoms. The van der Waals surface area contributed by atoms with Crippen LogP contribution in [0.3, 0.4) is 0 Å². The summed E-state index contributed by atoms with van der Waals surface area (Å²) in [7, 11) is -1.13. The van der Waals surface area contributed by atoms with Crippen LogP contribution in [-0.2, 0) is 23.4 Å². The van der Waals surface area contributed by atoms with Crippen LogP contribution in [0, 0.1) is 5.41 Å². The Kier molecular flexibility index (Phi) is 9.02. The van der Waals surface area contributed by atoms with Gasteiger partial charge in [-0.25, -0.2) is 0 Å². The summed E-state index contributed by atoms with van der Waals surface area (Å²) < 4.78 is 31.6. The van der Waals surface area contributed by atoms with E-state index in [0.717, 1.165) is 0 Å². The molecule has 1 aliphatic rings. The zero-order chi connectivity index (χ0) is 26.6. The number of ether oxygens (including phenoxy) is 4. The fraction of sp³-hybridized carbons (Fsp3) is 0.533. The second kappa shape index (κ2) is 11.3.